The molecule has 0 aliphatic carbocycles. The van der Waals surface area contributed by atoms with Crippen molar-refractivity contribution in [3.05, 3.63) is 34.8 Å². The molecule has 6 heteroatoms. The van der Waals surface area contributed by atoms with E-state index >= 15 is 0 Å². The molecule has 2 aromatic rings. The van der Waals surface area contributed by atoms with Gasteiger partial charge in [-0.1, -0.05) is 43.4 Å². The van der Waals surface area contributed by atoms with Crippen LogP contribution in [-0.2, 0) is 0 Å². The summed E-state index contributed by atoms with van der Waals surface area (Å²) < 4.78 is 5.94. The Morgan fingerprint density at radius 2 is 2.22 bits per heavy atom. The summed E-state index contributed by atoms with van der Waals surface area (Å²) in [6.07, 6.45) is 0. The van der Waals surface area contributed by atoms with Gasteiger partial charge >= 0.3 is 0 Å². The second-order valence-corrected chi connectivity index (χ2v) is 7.85. The summed E-state index contributed by atoms with van der Waals surface area (Å²) in [7, 11) is 0. The third kappa shape index (κ3) is 2.32. The van der Waals surface area contributed by atoms with Crippen molar-refractivity contribution < 1.29 is 9.84 Å². The molecule has 23 heavy (non-hydrogen) atoms. The quantitative estimate of drug-likeness (QED) is 0.937. The standard InChI is InChI=1S/C17H21N3O2S/c1-11(2)15-18-19-16(23-15)20-7-13-12-5-3-4-6-14(12)22-10-17(13,8-20)9-21/h3-6,11,13,21H,7-10H2,1-2H3/t13-,17-/m1/s1. The molecule has 0 spiro atoms. The molecule has 5 nitrogen and oxygen atoms in total. The summed E-state index contributed by atoms with van der Waals surface area (Å²) in [5, 5.41) is 20.8. The van der Waals surface area contributed by atoms with Crippen molar-refractivity contribution in [2.45, 2.75) is 25.7 Å². The van der Waals surface area contributed by atoms with Gasteiger partial charge in [0.2, 0.25) is 5.13 Å². The van der Waals surface area contributed by atoms with Crippen LogP contribution >= 0.6 is 11.3 Å². The van der Waals surface area contributed by atoms with E-state index < -0.39 is 0 Å². The highest BCUT2D eigenvalue weighted by Crippen LogP contribution is 2.50. The second-order valence-electron chi connectivity index (χ2n) is 6.86. The zero-order valence-corrected chi connectivity index (χ0v) is 14.2. The second kappa shape index (κ2) is 5.46. The van der Waals surface area contributed by atoms with E-state index in [0.29, 0.717) is 12.5 Å². The van der Waals surface area contributed by atoms with Gasteiger partial charge in [0.05, 0.1) is 18.6 Å². The van der Waals surface area contributed by atoms with E-state index in [2.05, 4.69) is 35.0 Å². The number of para-hydroxylation sites is 1. The van der Waals surface area contributed by atoms with E-state index in [1.165, 1.54) is 5.56 Å². The predicted octanol–water partition coefficient (Wildman–Crippen LogP) is 2.64. The fourth-order valence-electron chi connectivity index (χ4n) is 3.60. The summed E-state index contributed by atoms with van der Waals surface area (Å²) >= 11 is 1.66. The van der Waals surface area contributed by atoms with E-state index in [9.17, 15) is 5.11 Å². The molecular weight excluding hydrogens is 310 g/mol. The number of hydrogen-bond donors (Lipinski definition) is 1. The molecule has 3 heterocycles. The number of anilines is 1. The number of aliphatic hydroxyl groups excluding tert-OH is 1. The van der Waals surface area contributed by atoms with Crippen molar-refractivity contribution in [3.8, 4) is 5.75 Å². The minimum absolute atomic E-state index is 0.123. The van der Waals surface area contributed by atoms with Crippen LogP contribution in [0, 0.1) is 5.41 Å². The topological polar surface area (TPSA) is 58.5 Å². The number of ether oxygens (including phenoxy) is 1. The van der Waals surface area contributed by atoms with Crippen LogP contribution in [0.25, 0.3) is 0 Å². The lowest BCUT2D eigenvalue weighted by molar-refractivity contribution is 0.0535. The smallest absolute Gasteiger partial charge is 0.208 e. The van der Waals surface area contributed by atoms with Crippen LogP contribution in [0.5, 0.6) is 5.75 Å². The molecule has 0 bridgehead atoms. The minimum Gasteiger partial charge on any atom is -0.493 e. The highest BCUT2D eigenvalue weighted by Gasteiger charge is 2.51. The van der Waals surface area contributed by atoms with Crippen LogP contribution in [0.4, 0.5) is 5.13 Å². The number of rotatable bonds is 3. The maximum absolute atomic E-state index is 10.1. The average Bonchev–Trinajstić information content (AvgIpc) is 3.20. The van der Waals surface area contributed by atoms with Gasteiger partial charge in [0.1, 0.15) is 10.8 Å². The van der Waals surface area contributed by atoms with Gasteiger partial charge in [-0.3, -0.25) is 0 Å². The summed E-state index contributed by atoms with van der Waals surface area (Å²) in [6.45, 7) is 6.56. The average molecular weight is 331 g/mol. The normalized spacial score (nSPS) is 26.1. The Morgan fingerprint density at radius 1 is 1.39 bits per heavy atom. The molecule has 4 rings (SSSR count). The number of benzene rings is 1. The summed E-state index contributed by atoms with van der Waals surface area (Å²) in [5.41, 5.74) is 0.946. The first-order valence-electron chi connectivity index (χ1n) is 8.04. The van der Waals surface area contributed by atoms with Gasteiger partial charge in [-0.25, -0.2) is 0 Å². The highest BCUT2D eigenvalue weighted by molar-refractivity contribution is 7.15. The van der Waals surface area contributed by atoms with Crippen LogP contribution in [0.1, 0.15) is 36.3 Å². The maximum Gasteiger partial charge on any atom is 0.208 e. The molecule has 0 saturated carbocycles. The zero-order valence-electron chi connectivity index (χ0n) is 13.4. The lowest BCUT2D eigenvalue weighted by Crippen LogP contribution is -2.42. The van der Waals surface area contributed by atoms with Gasteiger partial charge in [-0.15, -0.1) is 10.2 Å². The van der Waals surface area contributed by atoms with Crippen LogP contribution in [0.2, 0.25) is 0 Å². The monoisotopic (exact) mass is 331 g/mol. The van der Waals surface area contributed by atoms with Gasteiger partial charge in [0, 0.05) is 24.9 Å². The number of aromatic nitrogens is 2. The molecule has 122 valence electrons. The lowest BCUT2D eigenvalue weighted by atomic mass is 9.74. The third-order valence-corrected chi connectivity index (χ3v) is 6.25. The number of nitrogens with zero attached hydrogens (tertiary/aromatic N) is 3. The molecule has 1 aromatic carbocycles. The lowest BCUT2D eigenvalue weighted by Gasteiger charge is -2.37. The van der Waals surface area contributed by atoms with Gasteiger partial charge in [-0.2, -0.15) is 0 Å². The predicted molar refractivity (Wildman–Crippen MR) is 90.4 cm³/mol. The van der Waals surface area contributed by atoms with Gasteiger partial charge in [0.15, 0.2) is 0 Å². The van der Waals surface area contributed by atoms with Crippen LogP contribution in [0.15, 0.2) is 24.3 Å². The van der Waals surface area contributed by atoms with Crippen LogP contribution in [-0.4, -0.2) is 41.6 Å². The molecule has 0 radical (unpaired) electrons. The SMILES string of the molecule is CC(C)c1nnc(N2C[C@@H]3c4ccccc4OC[C@]3(CO)C2)s1. The Kier molecular flexibility index (Phi) is 3.54. The summed E-state index contributed by atoms with van der Waals surface area (Å²) in [5.74, 6) is 1.61. The minimum atomic E-state index is -0.252. The van der Waals surface area contributed by atoms with Crippen molar-refractivity contribution in [1.29, 1.82) is 0 Å². The molecule has 0 unspecified atom stereocenters. The van der Waals surface area contributed by atoms with Gasteiger partial charge in [-0.05, 0) is 11.6 Å². The largest absolute Gasteiger partial charge is 0.493 e. The molecule has 1 N–H and O–H groups in total. The number of aliphatic hydroxyl groups is 1. The van der Waals surface area contributed by atoms with Crippen molar-refractivity contribution in [1.82, 2.24) is 10.2 Å². The Hall–Kier alpha value is -1.66. The fourth-order valence-corrected chi connectivity index (χ4v) is 4.46. The molecule has 2 atom stereocenters. The first-order valence-corrected chi connectivity index (χ1v) is 8.85. The van der Waals surface area contributed by atoms with Crippen LogP contribution in [0.3, 0.4) is 0 Å². The third-order valence-electron chi connectivity index (χ3n) is 4.97. The summed E-state index contributed by atoms with van der Waals surface area (Å²) in [4.78, 5) is 2.26. The summed E-state index contributed by atoms with van der Waals surface area (Å²) in [6, 6.07) is 8.17. The van der Waals surface area contributed by atoms with E-state index in [1.807, 2.05) is 18.2 Å². The Labute approximate surface area is 139 Å². The maximum atomic E-state index is 10.1. The van der Waals surface area contributed by atoms with E-state index in [0.717, 1.165) is 29.0 Å². The van der Waals surface area contributed by atoms with Gasteiger partial charge < -0.3 is 14.7 Å². The molecular formula is C17H21N3O2S. The zero-order chi connectivity index (χ0) is 16.0. The Morgan fingerprint density at radius 3 is 2.96 bits per heavy atom. The van der Waals surface area contributed by atoms with E-state index in [4.69, 9.17) is 4.74 Å². The highest BCUT2D eigenvalue weighted by atomic mass is 32.1. The van der Waals surface area contributed by atoms with E-state index in [-0.39, 0.29) is 17.9 Å². The number of fused-ring (bicyclic) bond motifs is 3. The van der Waals surface area contributed by atoms with Gasteiger partial charge in [0.25, 0.3) is 0 Å². The molecule has 2 aliphatic heterocycles. The first kappa shape index (κ1) is 14.9. The van der Waals surface area contributed by atoms with Crippen molar-refractivity contribution >= 4 is 16.5 Å². The Bertz CT molecular complexity index is 717. The molecule has 1 fully saturated rings. The van der Waals surface area contributed by atoms with Crippen molar-refractivity contribution in [3.63, 3.8) is 0 Å². The first-order chi connectivity index (χ1) is 11.1. The molecule has 0 amide bonds. The van der Waals surface area contributed by atoms with Crippen LogP contribution < -0.4 is 9.64 Å². The van der Waals surface area contributed by atoms with Crippen molar-refractivity contribution in [2.75, 3.05) is 31.2 Å². The molecule has 1 aromatic heterocycles. The van der Waals surface area contributed by atoms with E-state index in [1.54, 1.807) is 11.3 Å². The fraction of sp³-hybridized carbons (Fsp3) is 0.529. The van der Waals surface area contributed by atoms with Crippen molar-refractivity contribution in [2.24, 2.45) is 5.41 Å². The number of hydrogen-bond acceptors (Lipinski definition) is 6. The molecule has 2 aliphatic rings. The molecule has 1 saturated heterocycles. The Balaban J connectivity index is 1.68.